The molecule has 4 unspecified atom stereocenters. The normalized spacial score (nSPS) is 38.0. The molecule has 0 aromatic heterocycles. The van der Waals surface area contributed by atoms with Crippen LogP contribution in [0.25, 0.3) is 0 Å². The molecule has 1 amide bonds. The van der Waals surface area contributed by atoms with E-state index in [4.69, 9.17) is 0 Å². The van der Waals surface area contributed by atoms with E-state index in [0.717, 1.165) is 0 Å². The van der Waals surface area contributed by atoms with E-state index in [9.17, 15) is 14.7 Å². The third kappa shape index (κ3) is 2.02. The summed E-state index contributed by atoms with van der Waals surface area (Å²) in [6, 6.07) is 0.268. The van der Waals surface area contributed by atoms with Crippen LogP contribution in [0.4, 0.5) is 0 Å². The van der Waals surface area contributed by atoms with Crippen LogP contribution < -0.4 is 10.7 Å². The predicted octanol–water partition coefficient (Wildman–Crippen LogP) is -0.234. The van der Waals surface area contributed by atoms with Gasteiger partial charge in [0.25, 0.3) is 0 Å². The number of carboxylic acid groups (broad SMARTS) is 1. The second-order valence-electron chi connectivity index (χ2n) is 5.16. The topological polar surface area (TPSA) is 81.7 Å². The monoisotopic (exact) mass is 241 g/mol. The maximum Gasteiger partial charge on any atom is 0.307 e. The zero-order chi connectivity index (χ0) is 12.7. The van der Waals surface area contributed by atoms with Crippen LogP contribution >= 0.6 is 0 Å². The smallest absolute Gasteiger partial charge is 0.307 e. The number of carbonyl (C=O) groups excluding carboxylic acids is 1. The number of nitrogens with one attached hydrogen (secondary N) is 2. The fraction of sp³-hybridized carbons (Fsp3) is 0.818. The van der Waals surface area contributed by atoms with Gasteiger partial charge in [-0.25, -0.2) is 10.4 Å². The number of amides is 1. The maximum absolute atomic E-state index is 11.6. The highest BCUT2D eigenvalue weighted by Gasteiger charge is 2.51. The summed E-state index contributed by atoms with van der Waals surface area (Å²) in [7, 11) is 0. The highest BCUT2D eigenvalue weighted by Crippen LogP contribution is 2.34. The number of nitrogens with zero attached hydrogens (tertiary/aromatic N) is 1. The summed E-state index contributed by atoms with van der Waals surface area (Å²) in [5.41, 5.74) is 3.26. The van der Waals surface area contributed by atoms with Gasteiger partial charge in [-0.15, -0.1) is 0 Å². The van der Waals surface area contributed by atoms with Gasteiger partial charge in [0.05, 0.1) is 5.92 Å². The molecule has 2 heterocycles. The molecule has 0 aromatic rings. The lowest BCUT2D eigenvalue weighted by Crippen LogP contribution is -2.57. The summed E-state index contributed by atoms with van der Waals surface area (Å²) in [5.74, 6) is -1.73. The van der Waals surface area contributed by atoms with E-state index >= 15 is 0 Å². The Morgan fingerprint density at radius 1 is 1.53 bits per heavy atom. The van der Waals surface area contributed by atoms with Crippen LogP contribution in [0.15, 0.2) is 0 Å². The third-order valence-corrected chi connectivity index (χ3v) is 3.65. The molecular weight excluding hydrogens is 222 g/mol. The van der Waals surface area contributed by atoms with Gasteiger partial charge in [-0.2, -0.15) is 0 Å². The summed E-state index contributed by atoms with van der Waals surface area (Å²) in [5, 5.41) is 14.1. The van der Waals surface area contributed by atoms with Crippen LogP contribution in [-0.4, -0.2) is 40.2 Å². The van der Waals surface area contributed by atoms with E-state index < -0.39 is 11.9 Å². The first kappa shape index (κ1) is 12.3. The number of fused-ring (bicyclic) bond motifs is 1. The van der Waals surface area contributed by atoms with Gasteiger partial charge < -0.3 is 10.4 Å². The standard InChI is InChI=1S/C11H19N3O3/c1-5(2)14-10-9(6(3)13-14)7(11(16)17)4-8(15)12-10/h5-7,9-10,13H,4H2,1-3H3,(H,12,15)(H,16,17). The average molecular weight is 241 g/mol. The van der Waals surface area contributed by atoms with E-state index in [1.807, 2.05) is 25.8 Å². The van der Waals surface area contributed by atoms with Crippen molar-refractivity contribution < 1.29 is 14.7 Å². The van der Waals surface area contributed by atoms with Crippen LogP contribution in [0.2, 0.25) is 0 Å². The van der Waals surface area contributed by atoms with Crippen LogP contribution in [0.1, 0.15) is 27.2 Å². The molecule has 17 heavy (non-hydrogen) atoms. The van der Waals surface area contributed by atoms with Gasteiger partial charge in [0.1, 0.15) is 6.17 Å². The summed E-state index contributed by atoms with van der Waals surface area (Å²) >= 11 is 0. The third-order valence-electron chi connectivity index (χ3n) is 3.65. The Labute approximate surface area is 100 Å². The molecule has 6 heteroatoms. The van der Waals surface area contributed by atoms with E-state index in [-0.39, 0.29) is 36.5 Å². The Morgan fingerprint density at radius 2 is 2.18 bits per heavy atom. The zero-order valence-electron chi connectivity index (χ0n) is 10.3. The van der Waals surface area contributed by atoms with Crippen molar-refractivity contribution in [3.63, 3.8) is 0 Å². The molecule has 96 valence electrons. The van der Waals surface area contributed by atoms with Crippen molar-refractivity contribution in [2.45, 2.75) is 45.4 Å². The summed E-state index contributed by atoms with van der Waals surface area (Å²) in [6.07, 6.45) is -0.138. The van der Waals surface area contributed by atoms with Crippen LogP contribution in [0, 0.1) is 11.8 Å². The number of carboxylic acids is 1. The fourth-order valence-corrected chi connectivity index (χ4v) is 2.88. The number of hydrogen-bond donors (Lipinski definition) is 3. The Bertz CT molecular complexity index is 345. The highest BCUT2D eigenvalue weighted by atomic mass is 16.4. The SMILES string of the molecule is CC1NN(C(C)C)C2NC(=O)CC(C(=O)O)C12. The van der Waals surface area contributed by atoms with Gasteiger partial charge >= 0.3 is 5.97 Å². The van der Waals surface area contributed by atoms with Crippen molar-refractivity contribution in [1.82, 2.24) is 15.8 Å². The molecule has 2 fully saturated rings. The molecule has 6 nitrogen and oxygen atoms in total. The van der Waals surface area contributed by atoms with Crippen molar-refractivity contribution in [1.29, 1.82) is 0 Å². The molecule has 2 rings (SSSR count). The minimum atomic E-state index is -0.880. The van der Waals surface area contributed by atoms with E-state index in [0.29, 0.717) is 0 Å². The quantitative estimate of drug-likeness (QED) is 0.622. The first-order chi connectivity index (χ1) is 7.91. The summed E-state index contributed by atoms with van der Waals surface area (Å²) < 4.78 is 0. The highest BCUT2D eigenvalue weighted by molar-refractivity contribution is 5.84. The van der Waals surface area contributed by atoms with Crippen molar-refractivity contribution in [2.24, 2.45) is 11.8 Å². The molecule has 4 atom stereocenters. The van der Waals surface area contributed by atoms with E-state index in [2.05, 4.69) is 10.7 Å². The van der Waals surface area contributed by atoms with Crippen molar-refractivity contribution in [2.75, 3.05) is 0 Å². The largest absolute Gasteiger partial charge is 0.481 e. The summed E-state index contributed by atoms with van der Waals surface area (Å²) in [4.78, 5) is 22.8. The number of aliphatic carboxylic acids is 1. The number of hydrazine groups is 1. The van der Waals surface area contributed by atoms with Crippen LogP contribution in [-0.2, 0) is 9.59 Å². The lowest BCUT2D eigenvalue weighted by molar-refractivity contribution is -0.150. The number of hydrogen-bond acceptors (Lipinski definition) is 4. The fourth-order valence-electron chi connectivity index (χ4n) is 2.88. The molecule has 2 aliphatic rings. The first-order valence-corrected chi connectivity index (χ1v) is 5.98. The zero-order valence-corrected chi connectivity index (χ0v) is 10.3. The molecule has 2 aliphatic heterocycles. The van der Waals surface area contributed by atoms with Gasteiger partial charge in [-0.1, -0.05) is 0 Å². The van der Waals surface area contributed by atoms with E-state index in [1.165, 1.54) is 0 Å². The Kier molecular flexibility index (Phi) is 3.09. The predicted molar refractivity (Wildman–Crippen MR) is 60.7 cm³/mol. The van der Waals surface area contributed by atoms with Gasteiger partial charge in [-0.3, -0.25) is 9.59 Å². The molecular formula is C11H19N3O3. The number of piperidine rings is 1. The van der Waals surface area contributed by atoms with Crippen LogP contribution in [0.3, 0.4) is 0 Å². The van der Waals surface area contributed by atoms with Crippen molar-refractivity contribution in [3.8, 4) is 0 Å². The minimum absolute atomic E-state index is 0.0594. The molecule has 0 aromatic carbocycles. The van der Waals surface area contributed by atoms with Crippen LogP contribution in [0.5, 0.6) is 0 Å². The Morgan fingerprint density at radius 3 is 2.71 bits per heavy atom. The molecule has 0 spiro atoms. The number of rotatable bonds is 2. The molecule has 0 bridgehead atoms. The first-order valence-electron chi connectivity index (χ1n) is 5.98. The van der Waals surface area contributed by atoms with Crippen molar-refractivity contribution in [3.05, 3.63) is 0 Å². The minimum Gasteiger partial charge on any atom is -0.481 e. The Hall–Kier alpha value is -1.14. The second-order valence-corrected chi connectivity index (χ2v) is 5.16. The van der Waals surface area contributed by atoms with Gasteiger partial charge in [0.15, 0.2) is 0 Å². The van der Waals surface area contributed by atoms with Gasteiger partial charge in [0.2, 0.25) is 5.91 Å². The lowest BCUT2D eigenvalue weighted by Gasteiger charge is -2.36. The molecule has 3 N–H and O–H groups in total. The molecule has 0 radical (unpaired) electrons. The van der Waals surface area contributed by atoms with Gasteiger partial charge in [-0.05, 0) is 20.8 Å². The molecule has 0 saturated carbocycles. The molecule has 0 aliphatic carbocycles. The average Bonchev–Trinajstić information content (AvgIpc) is 2.54. The Balaban J connectivity index is 2.27. The van der Waals surface area contributed by atoms with E-state index in [1.54, 1.807) is 0 Å². The number of carbonyl (C=O) groups is 2. The second kappa shape index (κ2) is 4.27. The van der Waals surface area contributed by atoms with Gasteiger partial charge in [0, 0.05) is 24.4 Å². The summed E-state index contributed by atoms with van der Waals surface area (Å²) in [6.45, 7) is 5.99. The maximum atomic E-state index is 11.6. The molecule has 2 saturated heterocycles. The lowest BCUT2D eigenvalue weighted by atomic mass is 9.80. The van der Waals surface area contributed by atoms with Crippen molar-refractivity contribution >= 4 is 11.9 Å².